The Bertz CT molecular complexity index is 175. The van der Waals surface area contributed by atoms with Gasteiger partial charge in [-0.1, -0.05) is 0 Å². The summed E-state index contributed by atoms with van der Waals surface area (Å²) in [5.41, 5.74) is 1.03. The van der Waals surface area contributed by atoms with Crippen LogP contribution in [0.25, 0.3) is 0 Å². The van der Waals surface area contributed by atoms with Crippen molar-refractivity contribution in [2.45, 2.75) is 18.1 Å². The van der Waals surface area contributed by atoms with Crippen LogP contribution in [0.2, 0.25) is 0 Å². The first-order chi connectivity index (χ1) is 4.11. The Labute approximate surface area is 62.7 Å². The van der Waals surface area contributed by atoms with E-state index in [9.17, 15) is 0 Å². The van der Waals surface area contributed by atoms with Crippen LogP contribution in [0.15, 0.2) is 6.20 Å². The van der Waals surface area contributed by atoms with Gasteiger partial charge < -0.3 is 0 Å². The molecule has 0 fully saturated rings. The first-order valence-electron chi connectivity index (χ1n) is 2.76. The minimum atomic E-state index is 0.181. The van der Waals surface area contributed by atoms with Crippen LogP contribution in [-0.2, 0) is 4.20 Å². The summed E-state index contributed by atoms with van der Waals surface area (Å²) in [6, 6.07) is 0. The quantitative estimate of drug-likeness (QED) is 0.612. The van der Waals surface area contributed by atoms with Crippen LogP contribution in [-0.4, -0.2) is 32.3 Å². The van der Waals surface area contributed by atoms with Crippen LogP contribution < -0.4 is 0 Å². The number of rotatable bonds is 1. The van der Waals surface area contributed by atoms with Gasteiger partial charge in [-0.25, -0.2) is 0 Å². The first kappa shape index (κ1) is 6.81. The van der Waals surface area contributed by atoms with Gasteiger partial charge in [0.1, 0.15) is 0 Å². The second-order valence-electron chi connectivity index (χ2n) is 2.58. The average molecular weight is 187 g/mol. The summed E-state index contributed by atoms with van der Waals surface area (Å²) in [6.45, 7) is 4.26. The molecule has 0 saturated carbocycles. The molecule has 1 aromatic rings. The van der Waals surface area contributed by atoms with Crippen molar-refractivity contribution in [1.29, 1.82) is 0 Å². The molecule has 0 aliphatic carbocycles. The van der Waals surface area contributed by atoms with Gasteiger partial charge in [-0.15, -0.1) is 0 Å². The standard InChI is InChI=1S/C5H10AsN3/c1-5(2,6)4-3-7-9-8-4/h3H,6H2,1-2H3,(H,7,8,9). The number of H-pyrrole nitrogens is 1. The van der Waals surface area contributed by atoms with Gasteiger partial charge in [0.2, 0.25) is 0 Å². The molecule has 1 heterocycles. The van der Waals surface area contributed by atoms with Gasteiger partial charge in [-0.2, -0.15) is 0 Å². The second kappa shape index (κ2) is 2.14. The number of hydrogen-bond donors (Lipinski definition) is 1. The molecule has 1 aromatic heterocycles. The number of hydrogen-bond acceptors (Lipinski definition) is 2. The molecule has 1 rings (SSSR count). The van der Waals surface area contributed by atoms with Gasteiger partial charge in [0.05, 0.1) is 0 Å². The molecule has 0 radical (unpaired) electrons. The zero-order valence-electron chi connectivity index (χ0n) is 5.55. The van der Waals surface area contributed by atoms with Gasteiger partial charge >= 0.3 is 62.2 Å². The van der Waals surface area contributed by atoms with E-state index in [1.54, 1.807) is 16.9 Å². The number of nitrogens with zero attached hydrogens (tertiary/aromatic N) is 2. The van der Waals surface area contributed by atoms with E-state index in [1.165, 1.54) is 0 Å². The van der Waals surface area contributed by atoms with E-state index in [-0.39, 0.29) is 4.20 Å². The predicted octanol–water partition coefficient (Wildman–Crippen LogP) is -0.327. The molecule has 9 heavy (non-hydrogen) atoms. The van der Waals surface area contributed by atoms with Gasteiger partial charge in [-0.05, 0) is 0 Å². The van der Waals surface area contributed by atoms with E-state index in [4.69, 9.17) is 0 Å². The molecule has 50 valence electrons. The van der Waals surface area contributed by atoms with Crippen molar-refractivity contribution in [1.82, 2.24) is 15.4 Å². The summed E-state index contributed by atoms with van der Waals surface area (Å²) in [7, 11) is 0. The Morgan fingerprint density at radius 2 is 2.33 bits per heavy atom. The zero-order valence-corrected chi connectivity index (χ0v) is 7.97. The summed E-state index contributed by atoms with van der Waals surface area (Å²) < 4.78 is 0.181. The molecule has 0 bridgehead atoms. The van der Waals surface area contributed by atoms with Crippen molar-refractivity contribution in [3.05, 3.63) is 11.9 Å². The summed E-state index contributed by atoms with van der Waals surface area (Å²) in [5, 5.41) is 10.2. The molecule has 4 heteroatoms. The Morgan fingerprint density at radius 1 is 1.67 bits per heavy atom. The van der Waals surface area contributed by atoms with Crippen molar-refractivity contribution in [2.75, 3.05) is 0 Å². The van der Waals surface area contributed by atoms with Crippen LogP contribution in [0.3, 0.4) is 0 Å². The van der Waals surface area contributed by atoms with Crippen LogP contribution in [0.5, 0.6) is 0 Å². The SMILES string of the molecule is CC(C)([AsH2])c1c[nH]nn1. The summed E-state index contributed by atoms with van der Waals surface area (Å²) >= 11 is 1.65. The Balaban J connectivity index is 2.90. The van der Waals surface area contributed by atoms with Crippen molar-refractivity contribution in [3.63, 3.8) is 0 Å². The monoisotopic (exact) mass is 187 g/mol. The third-order valence-electron chi connectivity index (χ3n) is 1.08. The molecule has 0 aliphatic rings. The summed E-state index contributed by atoms with van der Waals surface area (Å²) in [4.78, 5) is 0. The summed E-state index contributed by atoms with van der Waals surface area (Å²) in [5.74, 6) is 0. The fraction of sp³-hybridized carbons (Fsp3) is 0.600. The normalized spacial score (nSPS) is 11.9. The van der Waals surface area contributed by atoms with Gasteiger partial charge in [-0.3, -0.25) is 0 Å². The van der Waals surface area contributed by atoms with Crippen LogP contribution in [0.4, 0.5) is 0 Å². The minimum absolute atomic E-state index is 0.181. The van der Waals surface area contributed by atoms with E-state index in [0.717, 1.165) is 5.69 Å². The number of aromatic nitrogens is 3. The summed E-state index contributed by atoms with van der Waals surface area (Å²) in [6.07, 6.45) is 1.84. The van der Waals surface area contributed by atoms with Crippen LogP contribution >= 0.6 is 0 Å². The molecule has 0 spiro atoms. The predicted molar refractivity (Wildman–Crippen MR) is 38.0 cm³/mol. The van der Waals surface area contributed by atoms with Gasteiger partial charge in [0.25, 0.3) is 0 Å². The van der Waals surface area contributed by atoms with Crippen molar-refractivity contribution in [3.8, 4) is 0 Å². The van der Waals surface area contributed by atoms with E-state index in [0.29, 0.717) is 0 Å². The number of aromatic amines is 1. The topological polar surface area (TPSA) is 41.6 Å². The maximum absolute atomic E-state index is 3.90. The Morgan fingerprint density at radius 3 is 2.56 bits per heavy atom. The fourth-order valence-electron chi connectivity index (χ4n) is 0.516. The van der Waals surface area contributed by atoms with E-state index in [1.807, 2.05) is 6.20 Å². The molecule has 0 amide bonds. The fourth-order valence-corrected chi connectivity index (χ4v) is 0.812. The van der Waals surface area contributed by atoms with Crippen molar-refractivity contribution < 1.29 is 0 Å². The molecular formula is C5H10AsN3. The third-order valence-corrected chi connectivity index (χ3v) is 1.70. The molecular weight excluding hydrogens is 177 g/mol. The van der Waals surface area contributed by atoms with Gasteiger partial charge in [0, 0.05) is 0 Å². The second-order valence-corrected chi connectivity index (χ2v) is 5.61. The Hall–Kier alpha value is -0.302. The van der Waals surface area contributed by atoms with Crippen LogP contribution in [0.1, 0.15) is 19.5 Å². The first-order valence-corrected chi connectivity index (χ1v) is 3.97. The third kappa shape index (κ3) is 1.55. The van der Waals surface area contributed by atoms with E-state index in [2.05, 4.69) is 29.3 Å². The zero-order chi connectivity index (χ0) is 6.91. The molecule has 0 aromatic carbocycles. The van der Waals surface area contributed by atoms with Gasteiger partial charge in [0.15, 0.2) is 0 Å². The molecule has 3 nitrogen and oxygen atoms in total. The van der Waals surface area contributed by atoms with Crippen molar-refractivity contribution in [2.24, 2.45) is 0 Å². The molecule has 1 atom stereocenters. The molecule has 1 unspecified atom stereocenters. The number of nitrogens with one attached hydrogen (secondary N) is 1. The maximum atomic E-state index is 3.90. The molecule has 1 N–H and O–H groups in total. The molecule has 0 saturated heterocycles. The van der Waals surface area contributed by atoms with Crippen LogP contribution in [0, 0.1) is 0 Å². The Kier molecular flexibility index (Phi) is 1.62. The van der Waals surface area contributed by atoms with E-state index >= 15 is 0 Å². The average Bonchev–Trinajstić information content (AvgIpc) is 2.08. The van der Waals surface area contributed by atoms with E-state index < -0.39 is 0 Å². The van der Waals surface area contributed by atoms with Crippen molar-refractivity contribution >= 4 is 16.9 Å². The molecule has 0 aliphatic heterocycles.